The summed E-state index contributed by atoms with van der Waals surface area (Å²) in [5.74, 6) is -0.780. The molecule has 0 aliphatic carbocycles. The Labute approximate surface area is 181 Å². The number of hydrogen-bond acceptors (Lipinski definition) is 6. The zero-order valence-electron chi connectivity index (χ0n) is 16.3. The van der Waals surface area contributed by atoms with Gasteiger partial charge in [0.2, 0.25) is 0 Å². The lowest BCUT2D eigenvalue weighted by atomic mass is 10.2. The van der Waals surface area contributed by atoms with E-state index in [9.17, 15) is 14.7 Å². The molecule has 0 spiro atoms. The fraction of sp³-hybridized carbons (Fsp3) is 0.0909. The van der Waals surface area contributed by atoms with Crippen molar-refractivity contribution in [3.63, 3.8) is 0 Å². The van der Waals surface area contributed by atoms with Crippen LogP contribution in [0.3, 0.4) is 0 Å². The second-order valence-electron chi connectivity index (χ2n) is 6.77. The fourth-order valence-electron chi connectivity index (χ4n) is 3.00. The van der Waals surface area contributed by atoms with Crippen LogP contribution in [0.2, 0.25) is 0 Å². The third kappa shape index (κ3) is 4.67. The number of anilines is 1. The molecule has 1 atom stereocenters. The van der Waals surface area contributed by atoms with Crippen molar-refractivity contribution < 1.29 is 14.7 Å². The van der Waals surface area contributed by atoms with Crippen molar-refractivity contribution in [3.8, 4) is 11.4 Å². The first-order valence-corrected chi connectivity index (χ1v) is 10.4. The second kappa shape index (κ2) is 8.88. The molecule has 0 unspecified atom stereocenters. The SMILES string of the molecule is Nc1ccccc1SC[C@H](NC(=O)c1ccc2nc(-c3ccncc3)[nH]c2c1)C(=O)O. The standard InChI is InChI=1S/C22H19N5O3S/c23-15-3-1-2-4-19(15)31-12-18(22(29)30)27-21(28)14-5-6-16-17(11-14)26-20(25-16)13-7-9-24-10-8-13/h1-11,18H,12,23H2,(H,25,26)(H,27,28)(H,29,30)/t18-/m0/s1. The summed E-state index contributed by atoms with van der Waals surface area (Å²) in [5.41, 5.74) is 9.07. The first-order chi connectivity index (χ1) is 15.0. The highest BCUT2D eigenvalue weighted by Gasteiger charge is 2.22. The molecule has 0 aliphatic heterocycles. The molecule has 2 aromatic carbocycles. The minimum absolute atomic E-state index is 0.147. The number of aliphatic carboxylic acids is 1. The number of nitrogens with two attached hydrogens (primary N) is 1. The Morgan fingerprint density at radius 3 is 2.65 bits per heavy atom. The van der Waals surface area contributed by atoms with Gasteiger partial charge in [-0.3, -0.25) is 9.78 Å². The number of para-hydroxylation sites is 1. The van der Waals surface area contributed by atoms with E-state index in [4.69, 9.17) is 5.73 Å². The van der Waals surface area contributed by atoms with Crippen LogP contribution in [0, 0.1) is 0 Å². The highest BCUT2D eigenvalue weighted by molar-refractivity contribution is 7.99. The molecule has 0 fully saturated rings. The molecule has 0 saturated heterocycles. The quantitative estimate of drug-likeness (QED) is 0.260. The third-order valence-electron chi connectivity index (χ3n) is 4.63. The van der Waals surface area contributed by atoms with Gasteiger partial charge < -0.3 is 21.1 Å². The summed E-state index contributed by atoms with van der Waals surface area (Å²) in [6.45, 7) is 0. The fourth-order valence-corrected chi connectivity index (χ4v) is 3.98. The molecule has 5 N–H and O–H groups in total. The monoisotopic (exact) mass is 433 g/mol. The van der Waals surface area contributed by atoms with Gasteiger partial charge in [-0.2, -0.15) is 0 Å². The maximum atomic E-state index is 12.7. The van der Waals surface area contributed by atoms with E-state index in [1.807, 2.05) is 30.3 Å². The van der Waals surface area contributed by atoms with Crippen molar-refractivity contribution in [2.75, 3.05) is 11.5 Å². The molecule has 0 aliphatic rings. The number of benzene rings is 2. The number of carboxylic acids is 1. The van der Waals surface area contributed by atoms with E-state index in [1.54, 1.807) is 36.7 Å². The van der Waals surface area contributed by atoms with E-state index in [2.05, 4.69) is 20.3 Å². The van der Waals surface area contributed by atoms with Crippen LogP contribution in [-0.2, 0) is 4.79 Å². The number of carbonyl (C=O) groups excluding carboxylic acids is 1. The Balaban J connectivity index is 1.49. The van der Waals surface area contributed by atoms with Crippen molar-refractivity contribution in [2.24, 2.45) is 0 Å². The van der Waals surface area contributed by atoms with E-state index in [1.165, 1.54) is 11.8 Å². The van der Waals surface area contributed by atoms with Crippen molar-refractivity contribution in [1.29, 1.82) is 0 Å². The maximum absolute atomic E-state index is 12.7. The average Bonchev–Trinajstić information content (AvgIpc) is 3.21. The van der Waals surface area contributed by atoms with Crippen molar-refractivity contribution in [1.82, 2.24) is 20.3 Å². The van der Waals surface area contributed by atoms with Gasteiger partial charge in [0.25, 0.3) is 5.91 Å². The van der Waals surface area contributed by atoms with Gasteiger partial charge in [-0.05, 0) is 42.5 Å². The molecule has 8 nitrogen and oxygen atoms in total. The van der Waals surface area contributed by atoms with Crippen molar-refractivity contribution in [2.45, 2.75) is 10.9 Å². The van der Waals surface area contributed by atoms with Crippen LogP contribution < -0.4 is 11.1 Å². The van der Waals surface area contributed by atoms with Crippen LogP contribution >= 0.6 is 11.8 Å². The molecular weight excluding hydrogens is 414 g/mol. The summed E-state index contributed by atoms with van der Waals surface area (Å²) < 4.78 is 0. The van der Waals surface area contributed by atoms with Gasteiger partial charge >= 0.3 is 5.97 Å². The number of nitrogen functional groups attached to an aromatic ring is 1. The molecule has 1 amide bonds. The number of aromatic amines is 1. The number of amides is 1. The van der Waals surface area contributed by atoms with Crippen LogP contribution in [0.5, 0.6) is 0 Å². The Kier molecular flexibility index (Phi) is 5.85. The number of hydrogen-bond donors (Lipinski definition) is 4. The average molecular weight is 433 g/mol. The number of pyridine rings is 1. The maximum Gasteiger partial charge on any atom is 0.327 e. The number of imidazole rings is 1. The molecule has 0 radical (unpaired) electrons. The third-order valence-corrected chi connectivity index (χ3v) is 5.81. The molecule has 156 valence electrons. The van der Waals surface area contributed by atoms with Gasteiger partial charge in [0, 0.05) is 39.9 Å². The first kappa shape index (κ1) is 20.4. The minimum atomic E-state index is -1.11. The number of fused-ring (bicyclic) bond motifs is 1. The zero-order chi connectivity index (χ0) is 21.8. The topological polar surface area (TPSA) is 134 Å². The summed E-state index contributed by atoms with van der Waals surface area (Å²) in [4.78, 5) is 36.8. The largest absolute Gasteiger partial charge is 0.480 e. The highest BCUT2D eigenvalue weighted by atomic mass is 32.2. The molecule has 31 heavy (non-hydrogen) atoms. The molecule has 0 saturated carbocycles. The highest BCUT2D eigenvalue weighted by Crippen LogP contribution is 2.25. The smallest absolute Gasteiger partial charge is 0.327 e. The lowest BCUT2D eigenvalue weighted by Gasteiger charge is -2.15. The molecule has 4 aromatic rings. The van der Waals surface area contributed by atoms with Crippen molar-refractivity contribution >= 4 is 40.4 Å². The van der Waals surface area contributed by atoms with E-state index in [-0.39, 0.29) is 5.75 Å². The van der Waals surface area contributed by atoms with E-state index >= 15 is 0 Å². The number of aromatic nitrogens is 3. The first-order valence-electron chi connectivity index (χ1n) is 9.42. The Bertz CT molecular complexity index is 1240. The minimum Gasteiger partial charge on any atom is -0.480 e. The number of H-pyrrole nitrogens is 1. The normalized spacial score (nSPS) is 11.9. The predicted molar refractivity (Wildman–Crippen MR) is 120 cm³/mol. The molecule has 2 aromatic heterocycles. The number of thioether (sulfide) groups is 1. The van der Waals surface area contributed by atoms with Gasteiger partial charge in [0.1, 0.15) is 11.9 Å². The predicted octanol–water partition coefficient (Wildman–Crippen LogP) is 3.18. The second-order valence-corrected chi connectivity index (χ2v) is 7.83. The molecule has 0 bridgehead atoms. The Morgan fingerprint density at radius 2 is 1.90 bits per heavy atom. The molecule has 9 heteroatoms. The van der Waals surface area contributed by atoms with Gasteiger partial charge in [-0.15, -0.1) is 11.8 Å². The van der Waals surface area contributed by atoms with Crippen LogP contribution in [0.25, 0.3) is 22.4 Å². The lowest BCUT2D eigenvalue weighted by Crippen LogP contribution is -2.42. The summed E-state index contributed by atoms with van der Waals surface area (Å²) in [5, 5.41) is 12.1. The summed E-state index contributed by atoms with van der Waals surface area (Å²) >= 11 is 1.28. The molecular formula is C22H19N5O3S. The molecule has 4 rings (SSSR count). The zero-order valence-corrected chi connectivity index (χ0v) is 17.1. The Morgan fingerprint density at radius 1 is 1.13 bits per heavy atom. The molecule has 2 heterocycles. The van der Waals surface area contributed by atoms with E-state index in [0.717, 1.165) is 10.5 Å². The van der Waals surface area contributed by atoms with Gasteiger partial charge in [0.15, 0.2) is 0 Å². The summed E-state index contributed by atoms with van der Waals surface area (Å²) in [6, 6.07) is 14.8. The lowest BCUT2D eigenvalue weighted by molar-refractivity contribution is -0.138. The van der Waals surface area contributed by atoms with Crippen LogP contribution in [-0.4, -0.2) is 43.7 Å². The van der Waals surface area contributed by atoms with E-state index in [0.29, 0.717) is 28.1 Å². The van der Waals surface area contributed by atoms with Crippen LogP contribution in [0.4, 0.5) is 5.69 Å². The van der Waals surface area contributed by atoms with Crippen LogP contribution in [0.15, 0.2) is 71.9 Å². The van der Waals surface area contributed by atoms with E-state index < -0.39 is 17.9 Å². The summed E-state index contributed by atoms with van der Waals surface area (Å²) in [6.07, 6.45) is 3.35. The van der Waals surface area contributed by atoms with Gasteiger partial charge in [-0.25, -0.2) is 9.78 Å². The number of nitrogens with one attached hydrogen (secondary N) is 2. The van der Waals surface area contributed by atoms with Crippen LogP contribution in [0.1, 0.15) is 10.4 Å². The van der Waals surface area contributed by atoms with Gasteiger partial charge in [0.05, 0.1) is 11.0 Å². The number of carbonyl (C=O) groups is 2. The van der Waals surface area contributed by atoms with Crippen molar-refractivity contribution in [3.05, 3.63) is 72.6 Å². The number of carboxylic acid groups (broad SMARTS) is 1. The Hall–Kier alpha value is -3.85. The number of nitrogens with zero attached hydrogens (tertiary/aromatic N) is 2. The summed E-state index contributed by atoms with van der Waals surface area (Å²) in [7, 11) is 0. The van der Waals surface area contributed by atoms with Gasteiger partial charge in [-0.1, -0.05) is 12.1 Å². The number of rotatable bonds is 7.